The number of rotatable bonds is 3. The summed E-state index contributed by atoms with van der Waals surface area (Å²) in [5.41, 5.74) is 3.78. The lowest BCUT2D eigenvalue weighted by molar-refractivity contribution is 0.0860. The topological polar surface area (TPSA) is 26.3 Å². The first-order valence-corrected chi connectivity index (χ1v) is 9.08. The molecular weight excluding hydrogens is 367 g/mol. The molecule has 0 bridgehead atoms. The molecule has 2 nitrogen and oxygen atoms in total. The molecule has 0 aromatic heterocycles. The van der Waals surface area contributed by atoms with Gasteiger partial charge in [-0.3, -0.25) is 4.79 Å². The monoisotopic (exact) mass is 382 g/mol. The lowest BCUT2D eigenvalue weighted by Gasteiger charge is -2.34. The van der Waals surface area contributed by atoms with E-state index < -0.39 is 0 Å². The van der Waals surface area contributed by atoms with E-state index in [0.717, 1.165) is 16.7 Å². The van der Waals surface area contributed by atoms with Gasteiger partial charge in [-0.25, -0.2) is 0 Å². The van der Waals surface area contributed by atoms with Crippen molar-refractivity contribution in [2.24, 2.45) is 0 Å². The molecule has 3 aromatic carbocycles. The first kappa shape index (κ1) is 17.3. The third kappa shape index (κ3) is 2.66. The van der Waals surface area contributed by atoms with Crippen LogP contribution in [0, 0.1) is 0 Å². The fraction of sp³-hybridized carbons (Fsp3) is 0.136. The third-order valence-electron chi connectivity index (χ3n) is 4.90. The summed E-state index contributed by atoms with van der Waals surface area (Å²) in [5, 5.41) is 1.01. The number of hydrogen-bond acceptors (Lipinski definition) is 2. The van der Waals surface area contributed by atoms with Crippen LogP contribution >= 0.6 is 23.2 Å². The van der Waals surface area contributed by atoms with Crippen molar-refractivity contribution in [3.8, 4) is 0 Å². The quantitative estimate of drug-likeness (QED) is 0.550. The van der Waals surface area contributed by atoms with Crippen LogP contribution in [0.15, 0.2) is 66.7 Å². The Morgan fingerprint density at radius 2 is 1.58 bits per heavy atom. The van der Waals surface area contributed by atoms with E-state index in [-0.39, 0.29) is 17.8 Å². The molecule has 130 valence electrons. The molecule has 0 heterocycles. The second kappa shape index (κ2) is 6.88. The van der Waals surface area contributed by atoms with Crippen LogP contribution in [0.4, 0.5) is 0 Å². The molecule has 4 rings (SSSR count). The van der Waals surface area contributed by atoms with Crippen molar-refractivity contribution in [2.75, 3.05) is 7.11 Å². The first-order valence-electron chi connectivity index (χ1n) is 8.32. The molecule has 26 heavy (non-hydrogen) atoms. The molecule has 0 saturated carbocycles. The van der Waals surface area contributed by atoms with Gasteiger partial charge in [0.2, 0.25) is 0 Å². The lowest BCUT2D eigenvalue weighted by atomic mass is 9.73. The van der Waals surface area contributed by atoms with Gasteiger partial charge >= 0.3 is 0 Å². The summed E-state index contributed by atoms with van der Waals surface area (Å²) in [6, 6.07) is 20.9. The maximum atomic E-state index is 13.1. The highest BCUT2D eigenvalue weighted by Gasteiger charge is 2.39. The van der Waals surface area contributed by atoms with Gasteiger partial charge in [-0.15, -0.1) is 0 Å². The van der Waals surface area contributed by atoms with Crippen LogP contribution in [0.1, 0.15) is 44.6 Å². The van der Waals surface area contributed by atoms with Crippen molar-refractivity contribution in [2.45, 2.75) is 12.0 Å². The Morgan fingerprint density at radius 3 is 2.31 bits per heavy atom. The molecule has 0 spiro atoms. The van der Waals surface area contributed by atoms with Gasteiger partial charge in [-0.2, -0.15) is 0 Å². The van der Waals surface area contributed by atoms with Crippen molar-refractivity contribution in [3.63, 3.8) is 0 Å². The van der Waals surface area contributed by atoms with Crippen molar-refractivity contribution >= 4 is 29.0 Å². The highest BCUT2D eigenvalue weighted by atomic mass is 35.5. The Kier molecular flexibility index (Phi) is 4.58. The van der Waals surface area contributed by atoms with Crippen LogP contribution in [-0.2, 0) is 4.74 Å². The molecule has 0 saturated heterocycles. The standard InChI is InChI=1S/C22H16Cl2O2/c1-26-22(13-7-3-2-4-8-13)20-14-9-5-12-17(24)19(14)21(25)15-10-6-11-16(23)18(15)20/h2-12,20,22H,1H3. The maximum Gasteiger partial charge on any atom is 0.195 e. The zero-order chi connectivity index (χ0) is 18.3. The average molecular weight is 383 g/mol. The van der Waals surface area contributed by atoms with E-state index >= 15 is 0 Å². The predicted octanol–water partition coefficient (Wildman–Crippen LogP) is 6.06. The summed E-state index contributed by atoms with van der Waals surface area (Å²) < 4.78 is 5.91. The summed E-state index contributed by atoms with van der Waals surface area (Å²) >= 11 is 13.0. The zero-order valence-electron chi connectivity index (χ0n) is 14.1. The van der Waals surface area contributed by atoms with Gasteiger partial charge in [0.25, 0.3) is 0 Å². The molecule has 3 aromatic rings. The SMILES string of the molecule is COC(c1ccccc1)C1c2cccc(Cl)c2C(=O)c2cccc(Cl)c21. The molecule has 2 atom stereocenters. The normalized spacial score (nSPS) is 16.7. The largest absolute Gasteiger partial charge is 0.376 e. The highest BCUT2D eigenvalue weighted by molar-refractivity contribution is 6.36. The van der Waals surface area contributed by atoms with Gasteiger partial charge in [0.05, 0.1) is 11.1 Å². The van der Waals surface area contributed by atoms with Crippen molar-refractivity contribution in [3.05, 3.63) is 105 Å². The van der Waals surface area contributed by atoms with E-state index in [4.69, 9.17) is 27.9 Å². The Hall–Kier alpha value is -2.13. The number of fused-ring (bicyclic) bond motifs is 2. The second-order valence-corrected chi connectivity index (χ2v) is 7.09. The lowest BCUT2D eigenvalue weighted by Crippen LogP contribution is -2.25. The molecule has 0 aliphatic heterocycles. The first-order chi connectivity index (χ1) is 12.6. The van der Waals surface area contributed by atoms with Gasteiger partial charge in [0.1, 0.15) is 0 Å². The van der Waals surface area contributed by atoms with E-state index in [1.165, 1.54) is 0 Å². The molecule has 4 heteroatoms. The van der Waals surface area contributed by atoms with E-state index in [0.29, 0.717) is 21.2 Å². The summed E-state index contributed by atoms with van der Waals surface area (Å²) in [6.45, 7) is 0. The number of benzene rings is 3. The minimum Gasteiger partial charge on any atom is -0.376 e. The number of methoxy groups -OCH3 is 1. The molecular formula is C22H16Cl2O2. The van der Waals surface area contributed by atoms with Crippen LogP contribution in [0.2, 0.25) is 10.0 Å². The number of hydrogen-bond donors (Lipinski definition) is 0. The Bertz CT molecular complexity index is 983. The minimum atomic E-state index is -0.292. The predicted molar refractivity (Wildman–Crippen MR) is 104 cm³/mol. The van der Waals surface area contributed by atoms with Crippen LogP contribution in [0.5, 0.6) is 0 Å². The molecule has 1 aliphatic carbocycles. The molecule has 1 aliphatic rings. The Morgan fingerprint density at radius 1 is 0.885 bits per heavy atom. The van der Waals surface area contributed by atoms with Crippen LogP contribution in [0.25, 0.3) is 0 Å². The maximum absolute atomic E-state index is 13.1. The van der Waals surface area contributed by atoms with Gasteiger partial charge < -0.3 is 4.74 Å². The molecule has 0 radical (unpaired) electrons. The number of ether oxygens (including phenoxy) is 1. The Labute approximate surface area is 162 Å². The summed E-state index contributed by atoms with van der Waals surface area (Å²) in [5.74, 6) is -0.320. The van der Waals surface area contributed by atoms with Gasteiger partial charge in [-0.05, 0) is 28.8 Å². The van der Waals surface area contributed by atoms with Gasteiger partial charge in [-0.1, -0.05) is 77.8 Å². The third-order valence-corrected chi connectivity index (χ3v) is 5.55. The van der Waals surface area contributed by atoms with Crippen molar-refractivity contribution in [1.29, 1.82) is 0 Å². The van der Waals surface area contributed by atoms with E-state index in [1.54, 1.807) is 25.3 Å². The molecule has 0 fully saturated rings. The number of carbonyl (C=O) groups is 1. The molecule has 0 amide bonds. The van der Waals surface area contributed by atoms with Gasteiger partial charge in [0.15, 0.2) is 5.78 Å². The van der Waals surface area contributed by atoms with E-state index in [9.17, 15) is 4.79 Å². The number of carbonyl (C=O) groups excluding carboxylic acids is 1. The smallest absolute Gasteiger partial charge is 0.195 e. The number of ketones is 1. The van der Waals surface area contributed by atoms with E-state index in [2.05, 4.69) is 0 Å². The zero-order valence-corrected chi connectivity index (χ0v) is 15.6. The Balaban J connectivity index is 2.02. The van der Waals surface area contributed by atoms with Crippen LogP contribution < -0.4 is 0 Å². The van der Waals surface area contributed by atoms with Crippen LogP contribution in [-0.4, -0.2) is 12.9 Å². The fourth-order valence-corrected chi connectivity index (χ4v) is 4.36. The summed E-state index contributed by atoms with van der Waals surface area (Å²) in [7, 11) is 1.68. The van der Waals surface area contributed by atoms with Crippen molar-refractivity contribution in [1.82, 2.24) is 0 Å². The fourth-order valence-electron chi connectivity index (χ4n) is 3.80. The highest BCUT2D eigenvalue weighted by Crippen LogP contribution is 2.48. The van der Waals surface area contributed by atoms with Crippen molar-refractivity contribution < 1.29 is 9.53 Å². The van der Waals surface area contributed by atoms with Gasteiger partial charge in [0, 0.05) is 29.2 Å². The average Bonchev–Trinajstić information content (AvgIpc) is 2.66. The molecule has 0 N–H and O–H groups in total. The summed E-state index contributed by atoms with van der Waals surface area (Å²) in [4.78, 5) is 13.1. The van der Waals surface area contributed by atoms with Crippen LogP contribution in [0.3, 0.4) is 0 Å². The second-order valence-electron chi connectivity index (χ2n) is 6.28. The minimum absolute atomic E-state index is 0.0951. The summed E-state index contributed by atoms with van der Waals surface area (Å²) in [6.07, 6.45) is -0.292. The molecule has 2 unspecified atom stereocenters. The number of halogens is 2. The van der Waals surface area contributed by atoms with E-state index in [1.807, 2.05) is 48.5 Å².